The van der Waals surface area contributed by atoms with Gasteiger partial charge in [0.25, 0.3) is 0 Å². The number of hydrogen-bond acceptors (Lipinski definition) is 6. The fourth-order valence-corrected chi connectivity index (χ4v) is 4.73. The number of benzene rings is 1. The maximum Gasteiger partial charge on any atom is 0.247 e. The minimum absolute atomic E-state index is 0.0606. The molecule has 3 heterocycles. The van der Waals surface area contributed by atoms with Crippen LogP contribution in [0.5, 0.6) is 11.5 Å². The number of nitrogens with zero attached hydrogens (tertiary/aromatic N) is 4. The van der Waals surface area contributed by atoms with E-state index in [1.807, 2.05) is 6.07 Å². The average molecular weight is 494 g/mol. The molecule has 1 amide bonds. The SMILES string of the molecule is C=CC(=O)Nc1cn(C)nc1Cc1cc2c(cn1)CC(C1(c3c(F)c(OC)cc(OC)c3F)CC1)=N2. The topological polar surface area (TPSA) is 90.6 Å². The Bertz CT molecular complexity index is 1400. The number of rotatable bonds is 8. The van der Waals surface area contributed by atoms with Crippen molar-refractivity contribution in [3.63, 3.8) is 0 Å². The van der Waals surface area contributed by atoms with Crippen LogP contribution in [-0.2, 0) is 30.1 Å². The minimum atomic E-state index is -0.849. The molecule has 2 aromatic heterocycles. The Morgan fingerprint density at radius 3 is 2.53 bits per heavy atom. The van der Waals surface area contributed by atoms with E-state index in [1.54, 1.807) is 24.1 Å². The van der Waals surface area contributed by atoms with Gasteiger partial charge in [-0.1, -0.05) is 6.58 Å². The van der Waals surface area contributed by atoms with Crippen molar-refractivity contribution in [1.29, 1.82) is 0 Å². The molecular formula is C26H25F2N5O3. The van der Waals surface area contributed by atoms with Crippen molar-refractivity contribution in [2.45, 2.75) is 31.1 Å². The Morgan fingerprint density at radius 2 is 1.92 bits per heavy atom. The third kappa shape index (κ3) is 3.92. The van der Waals surface area contributed by atoms with Crippen molar-refractivity contribution in [1.82, 2.24) is 14.8 Å². The normalized spacial score (nSPS) is 15.2. The number of aliphatic imine (C=N–C) groups is 1. The Kier molecular flexibility index (Phi) is 5.82. The minimum Gasteiger partial charge on any atom is -0.494 e. The number of ether oxygens (including phenoxy) is 2. The van der Waals surface area contributed by atoms with Crippen LogP contribution in [0, 0.1) is 11.6 Å². The third-order valence-electron chi connectivity index (χ3n) is 6.68. The van der Waals surface area contributed by atoms with Crippen LogP contribution in [0.1, 0.15) is 35.4 Å². The van der Waals surface area contributed by atoms with Crippen molar-refractivity contribution in [3.8, 4) is 11.5 Å². The van der Waals surface area contributed by atoms with Crippen LogP contribution in [0.25, 0.3) is 0 Å². The molecule has 1 aliphatic carbocycles. The fourth-order valence-electron chi connectivity index (χ4n) is 4.73. The van der Waals surface area contributed by atoms with Gasteiger partial charge in [0.1, 0.15) is 0 Å². The van der Waals surface area contributed by atoms with Crippen LogP contribution < -0.4 is 14.8 Å². The predicted octanol–water partition coefficient (Wildman–Crippen LogP) is 4.19. The molecular weight excluding hydrogens is 468 g/mol. The number of aryl methyl sites for hydroxylation is 1. The molecule has 0 saturated heterocycles. The van der Waals surface area contributed by atoms with E-state index < -0.39 is 17.0 Å². The first-order valence-electron chi connectivity index (χ1n) is 11.4. The van der Waals surface area contributed by atoms with Gasteiger partial charge in [-0.3, -0.25) is 19.5 Å². The molecule has 5 rings (SSSR count). The molecule has 36 heavy (non-hydrogen) atoms. The first-order valence-corrected chi connectivity index (χ1v) is 11.4. The summed E-state index contributed by atoms with van der Waals surface area (Å²) in [5, 5.41) is 7.18. The zero-order valence-corrected chi connectivity index (χ0v) is 20.2. The zero-order chi connectivity index (χ0) is 25.6. The molecule has 0 spiro atoms. The van der Waals surface area contributed by atoms with Crippen LogP contribution in [0.3, 0.4) is 0 Å². The standard InChI is InChI=1S/C26H25F2N5O3/c1-5-22(34)31-18-13-33(2)32-17(18)10-15-9-16-14(12-29-15)8-21(30-16)26(6-7-26)23-24(27)19(35-3)11-20(36-4)25(23)28/h5,9,11-13H,1,6-8,10H2,2-4H3,(H,31,34). The van der Waals surface area contributed by atoms with Crippen LogP contribution in [0.15, 0.2) is 42.2 Å². The predicted molar refractivity (Wildman–Crippen MR) is 130 cm³/mol. The molecule has 0 bridgehead atoms. The molecule has 3 aromatic rings. The first-order chi connectivity index (χ1) is 17.3. The quantitative estimate of drug-likeness (QED) is 0.476. The maximum absolute atomic E-state index is 15.3. The van der Waals surface area contributed by atoms with Crippen molar-refractivity contribution in [2.24, 2.45) is 12.0 Å². The summed E-state index contributed by atoms with van der Waals surface area (Å²) >= 11 is 0. The van der Waals surface area contributed by atoms with Gasteiger partial charge in [-0.25, -0.2) is 8.78 Å². The van der Waals surface area contributed by atoms with Crippen molar-refractivity contribution in [2.75, 3.05) is 19.5 Å². The van der Waals surface area contributed by atoms with Gasteiger partial charge >= 0.3 is 0 Å². The number of carbonyl (C=O) groups excluding carboxylic acids is 1. The van der Waals surface area contributed by atoms with E-state index >= 15 is 8.78 Å². The van der Waals surface area contributed by atoms with Crippen molar-refractivity contribution >= 4 is 23.0 Å². The van der Waals surface area contributed by atoms with E-state index in [4.69, 9.17) is 14.5 Å². The third-order valence-corrected chi connectivity index (χ3v) is 6.68. The van der Waals surface area contributed by atoms with Gasteiger partial charge in [0, 0.05) is 66.3 Å². The second kappa shape index (κ2) is 8.85. The number of nitrogens with one attached hydrogen (secondary N) is 1. The molecule has 1 aliphatic heterocycles. The number of hydrogen-bond donors (Lipinski definition) is 1. The summed E-state index contributed by atoms with van der Waals surface area (Å²) in [7, 11) is 4.44. The molecule has 1 aromatic carbocycles. The highest BCUT2D eigenvalue weighted by molar-refractivity contribution is 6.04. The lowest BCUT2D eigenvalue weighted by molar-refractivity contribution is -0.111. The summed E-state index contributed by atoms with van der Waals surface area (Å²) in [5.74, 6) is -1.91. The van der Waals surface area contributed by atoms with Gasteiger partial charge in [0.15, 0.2) is 23.1 Å². The number of anilines is 1. The molecule has 186 valence electrons. The van der Waals surface area contributed by atoms with Gasteiger partial charge in [-0.15, -0.1) is 0 Å². The molecule has 2 aliphatic rings. The van der Waals surface area contributed by atoms with E-state index in [1.165, 1.54) is 26.4 Å². The number of carbonyl (C=O) groups is 1. The van der Waals surface area contributed by atoms with Crippen LogP contribution in [0.4, 0.5) is 20.2 Å². The van der Waals surface area contributed by atoms with E-state index in [0.29, 0.717) is 54.2 Å². The number of methoxy groups -OCH3 is 2. The molecule has 8 nitrogen and oxygen atoms in total. The summed E-state index contributed by atoms with van der Waals surface area (Å²) in [6.07, 6.45) is 6.61. The Balaban J connectivity index is 1.46. The zero-order valence-electron chi connectivity index (χ0n) is 20.2. The number of amides is 1. The summed E-state index contributed by atoms with van der Waals surface area (Å²) in [5.41, 5.74) is 3.31. The number of fused-ring (bicyclic) bond motifs is 1. The lowest BCUT2D eigenvalue weighted by Gasteiger charge is -2.20. The monoisotopic (exact) mass is 493 g/mol. The molecule has 10 heteroatoms. The summed E-state index contributed by atoms with van der Waals surface area (Å²) in [6.45, 7) is 3.47. The maximum atomic E-state index is 15.3. The summed E-state index contributed by atoms with van der Waals surface area (Å²) < 4.78 is 42.5. The first kappa shape index (κ1) is 23.7. The van der Waals surface area contributed by atoms with Gasteiger partial charge in [-0.05, 0) is 25.0 Å². The largest absolute Gasteiger partial charge is 0.494 e. The number of halogens is 2. The highest BCUT2D eigenvalue weighted by atomic mass is 19.1. The van der Waals surface area contributed by atoms with Gasteiger partial charge < -0.3 is 14.8 Å². The summed E-state index contributed by atoms with van der Waals surface area (Å²) in [6, 6.07) is 3.07. The lowest BCUT2D eigenvalue weighted by Crippen LogP contribution is -2.24. The summed E-state index contributed by atoms with van der Waals surface area (Å²) in [4.78, 5) is 21.1. The Hall–Kier alpha value is -4.08. The highest BCUT2D eigenvalue weighted by Crippen LogP contribution is 2.55. The van der Waals surface area contributed by atoms with Crippen LogP contribution in [0.2, 0.25) is 0 Å². The Labute approximate surface area is 206 Å². The van der Waals surface area contributed by atoms with Gasteiger partial charge in [0.2, 0.25) is 5.91 Å². The molecule has 0 unspecified atom stereocenters. The second-order valence-electron chi connectivity index (χ2n) is 8.94. The van der Waals surface area contributed by atoms with Crippen molar-refractivity contribution < 1.29 is 23.0 Å². The molecule has 0 atom stereocenters. The van der Waals surface area contributed by atoms with E-state index in [-0.39, 0.29) is 23.0 Å². The smallest absolute Gasteiger partial charge is 0.247 e. The van der Waals surface area contributed by atoms with Crippen LogP contribution >= 0.6 is 0 Å². The van der Waals surface area contributed by atoms with Crippen molar-refractivity contribution in [3.05, 3.63) is 71.3 Å². The highest BCUT2D eigenvalue weighted by Gasteiger charge is 2.54. The average Bonchev–Trinajstić information content (AvgIpc) is 3.42. The van der Waals surface area contributed by atoms with Gasteiger partial charge in [-0.2, -0.15) is 5.10 Å². The van der Waals surface area contributed by atoms with E-state index in [9.17, 15) is 4.79 Å². The Morgan fingerprint density at radius 1 is 1.22 bits per heavy atom. The molecule has 1 N–H and O–H groups in total. The van der Waals surface area contributed by atoms with E-state index in [0.717, 1.165) is 5.56 Å². The molecule has 0 radical (unpaired) electrons. The van der Waals surface area contributed by atoms with E-state index in [2.05, 4.69) is 22.0 Å². The fraction of sp³-hybridized carbons (Fsp3) is 0.308. The molecule has 1 saturated carbocycles. The number of aromatic nitrogens is 3. The lowest BCUT2D eigenvalue weighted by atomic mass is 9.87. The second-order valence-corrected chi connectivity index (χ2v) is 8.94. The van der Waals surface area contributed by atoms with Crippen LogP contribution in [-0.4, -0.2) is 40.6 Å². The van der Waals surface area contributed by atoms with Gasteiger partial charge in [0.05, 0.1) is 31.3 Å². The molecule has 1 fully saturated rings. The number of pyridine rings is 1.